The third-order valence-corrected chi connectivity index (χ3v) is 11.9. The second kappa shape index (κ2) is 13.8. The average Bonchev–Trinajstić information content (AvgIpc) is 3.84. The summed E-state index contributed by atoms with van der Waals surface area (Å²) in [6.45, 7) is 0. The molecule has 9 aromatic carbocycles. The molecular weight excluding hydrogens is 729 g/mol. The van der Waals surface area contributed by atoms with Crippen molar-refractivity contribution in [3.8, 4) is 56.4 Å². The molecule has 4 nitrogen and oxygen atoms in total. The van der Waals surface area contributed by atoms with E-state index >= 15 is 0 Å². The van der Waals surface area contributed by atoms with Crippen LogP contribution in [0.25, 0.3) is 111 Å². The van der Waals surface area contributed by atoms with Gasteiger partial charge in [-0.1, -0.05) is 170 Å². The van der Waals surface area contributed by atoms with E-state index in [9.17, 15) is 0 Å². The number of aromatic nitrogens is 4. The Balaban J connectivity index is 1.16. The molecule has 12 rings (SSSR count). The molecule has 0 aliphatic carbocycles. The normalized spacial score (nSPS) is 11.7. The second-order valence-electron chi connectivity index (χ2n) is 15.4. The average molecular weight is 765 g/mol. The Morgan fingerprint density at radius 1 is 0.300 bits per heavy atom. The van der Waals surface area contributed by atoms with Crippen molar-refractivity contribution in [2.24, 2.45) is 0 Å². The molecule has 4 heteroatoms. The zero-order valence-corrected chi connectivity index (χ0v) is 32.6. The maximum absolute atomic E-state index is 5.44. The van der Waals surface area contributed by atoms with Crippen molar-refractivity contribution in [3.63, 3.8) is 0 Å². The molecule has 0 saturated carbocycles. The van der Waals surface area contributed by atoms with Crippen molar-refractivity contribution in [1.29, 1.82) is 0 Å². The minimum atomic E-state index is 0.689. The molecule has 0 aliphatic rings. The Hall–Kier alpha value is -8.08. The van der Waals surface area contributed by atoms with Crippen molar-refractivity contribution >= 4 is 54.4 Å². The van der Waals surface area contributed by atoms with Crippen molar-refractivity contribution in [3.05, 3.63) is 218 Å². The first-order valence-corrected chi connectivity index (χ1v) is 20.4. The van der Waals surface area contributed by atoms with Crippen molar-refractivity contribution < 1.29 is 0 Å². The largest absolute Gasteiger partial charge is 0.309 e. The summed E-state index contributed by atoms with van der Waals surface area (Å²) in [5, 5.41) is 7.26. The monoisotopic (exact) mass is 764 g/mol. The van der Waals surface area contributed by atoms with Crippen LogP contribution in [-0.2, 0) is 0 Å². The molecule has 280 valence electrons. The van der Waals surface area contributed by atoms with Gasteiger partial charge in [0.2, 0.25) is 0 Å². The Morgan fingerprint density at radius 3 is 1.43 bits per heavy atom. The number of hydrogen-bond donors (Lipinski definition) is 0. The van der Waals surface area contributed by atoms with Gasteiger partial charge in [-0.3, -0.25) is 0 Å². The van der Waals surface area contributed by atoms with E-state index in [2.05, 4.69) is 209 Å². The number of para-hydroxylation sites is 2. The van der Waals surface area contributed by atoms with Crippen LogP contribution in [0, 0.1) is 0 Å². The van der Waals surface area contributed by atoms with Gasteiger partial charge in [-0.05, 0) is 70.4 Å². The molecule has 12 aromatic rings. The van der Waals surface area contributed by atoms with Gasteiger partial charge in [-0.25, -0.2) is 9.97 Å². The molecule has 0 amide bonds. The molecule has 0 atom stereocenters. The van der Waals surface area contributed by atoms with Crippen molar-refractivity contribution in [1.82, 2.24) is 19.1 Å². The van der Waals surface area contributed by atoms with Crippen molar-refractivity contribution in [2.45, 2.75) is 0 Å². The highest BCUT2D eigenvalue weighted by molar-refractivity contribution is 6.22. The van der Waals surface area contributed by atoms with Crippen LogP contribution in [0.3, 0.4) is 0 Å². The highest BCUT2D eigenvalue weighted by Gasteiger charge is 2.25. The van der Waals surface area contributed by atoms with Gasteiger partial charge >= 0.3 is 0 Å². The van der Waals surface area contributed by atoms with Gasteiger partial charge in [-0.15, -0.1) is 0 Å². The standard InChI is InChI=1S/C56H36N4/c1-5-18-38(19-6-1)53-55(54(39-20-7-2-8-21-39)58-56(57-53)40-22-9-3-10-23-40)60-50-33-31-42(36-47(50)52-44-26-14-13-17-37(44)29-34-51(52)60)41-30-32-49-46(35-41)45-27-15-16-28-48(45)59(49)43-24-11-4-12-25-43/h1-36H. The van der Waals surface area contributed by atoms with Crippen LogP contribution in [0.1, 0.15) is 0 Å². The van der Waals surface area contributed by atoms with Crippen LogP contribution in [0.15, 0.2) is 218 Å². The zero-order chi connectivity index (χ0) is 39.6. The SMILES string of the molecule is c1ccc(-c2nc(-c3ccccc3)c(-n3c4ccc(-c5ccc6c(c5)c5ccccc5n6-c5ccccc5)cc4c4c5ccccc5ccc43)c(-c3ccccc3)n2)cc1. The molecule has 0 spiro atoms. The Morgan fingerprint density at radius 2 is 0.783 bits per heavy atom. The summed E-state index contributed by atoms with van der Waals surface area (Å²) in [6.07, 6.45) is 0. The van der Waals surface area contributed by atoms with E-state index in [1.165, 1.54) is 48.9 Å². The predicted molar refractivity (Wildman–Crippen MR) is 250 cm³/mol. The number of benzene rings is 9. The topological polar surface area (TPSA) is 35.6 Å². The van der Waals surface area contributed by atoms with Crippen LogP contribution in [0.4, 0.5) is 0 Å². The number of hydrogen-bond acceptors (Lipinski definition) is 2. The molecule has 3 aromatic heterocycles. The lowest BCUT2D eigenvalue weighted by Gasteiger charge is -2.19. The van der Waals surface area contributed by atoms with Gasteiger partial charge in [0.1, 0.15) is 0 Å². The lowest BCUT2D eigenvalue weighted by atomic mass is 9.99. The number of nitrogens with zero attached hydrogens (tertiary/aromatic N) is 4. The van der Waals surface area contributed by atoms with Crippen LogP contribution >= 0.6 is 0 Å². The van der Waals surface area contributed by atoms with Crippen LogP contribution in [-0.4, -0.2) is 19.1 Å². The van der Waals surface area contributed by atoms with Crippen LogP contribution in [0.2, 0.25) is 0 Å². The van der Waals surface area contributed by atoms with Gasteiger partial charge in [0.15, 0.2) is 5.82 Å². The minimum Gasteiger partial charge on any atom is -0.309 e. The van der Waals surface area contributed by atoms with E-state index in [1.54, 1.807) is 0 Å². The third-order valence-electron chi connectivity index (χ3n) is 11.9. The second-order valence-corrected chi connectivity index (χ2v) is 15.4. The Kier molecular flexibility index (Phi) is 7.82. The van der Waals surface area contributed by atoms with E-state index in [0.717, 1.165) is 56.0 Å². The Labute approximate surface area is 346 Å². The molecule has 0 aliphatic heterocycles. The summed E-state index contributed by atoms with van der Waals surface area (Å²) in [6, 6.07) is 77.9. The van der Waals surface area contributed by atoms with Gasteiger partial charge in [-0.2, -0.15) is 0 Å². The van der Waals surface area contributed by atoms with Gasteiger partial charge in [0.25, 0.3) is 0 Å². The molecule has 0 saturated heterocycles. The first-order valence-electron chi connectivity index (χ1n) is 20.4. The fourth-order valence-corrected chi connectivity index (χ4v) is 9.20. The smallest absolute Gasteiger partial charge is 0.160 e. The van der Waals surface area contributed by atoms with Gasteiger partial charge in [0.05, 0.1) is 39.1 Å². The van der Waals surface area contributed by atoms with Crippen LogP contribution < -0.4 is 0 Å². The molecular formula is C56H36N4. The summed E-state index contributed by atoms with van der Waals surface area (Å²) in [5.74, 6) is 0.689. The van der Waals surface area contributed by atoms with Crippen molar-refractivity contribution in [2.75, 3.05) is 0 Å². The van der Waals surface area contributed by atoms with E-state index in [-0.39, 0.29) is 0 Å². The fraction of sp³-hybridized carbons (Fsp3) is 0. The molecule has 0 fully saturated rings. The van der Waals surface area contributed by atoms with Crippen LogP contribution in [0.5, 0.6) is 0 Å². The van der Waals surface area contributed by atoms with Gasteiger partial charge in [0, 0.05) is 43.9 Å². The number of fused-ring (bicyclic) bond motifs is 8. The quantitative estimate of drug-likeness (QED) is 0.169. The lowest BCUT2D eigenvalue weighted by Crippen LogP contribution is -2.06. The molecule has 0 unspecified atom stereocenters. The maximum Gasteiger partial charge on any atom is 0.160 e. The highest BCUT2D eigenvalue weighted by atomic mass is 15.1. The molecule has 60 heavy (non-hydrogen) atoms. The fourth-order valence-electron chi connectivity index (χ4n) is 9.20. The summed E-state index contributed by atoms with van der Waals surface area (Å²) in [7, 11) is 0. The van der Waals surface area contributed by atoms with E-state index in [0.29, 0.717) is 5.82 Å². The zero-order valence-electron chi connectivity index (χ0n) is 32.6. The lowest BCUT2D eigenvalue weighted by molar-refractivity contribution is 1.09. The first-order chi connectivity index (χ1) is 29.8. The molecule has 0 radical (unpaired) electrons. The number of rotatable bonds is 6. The summed E-state index contributed by atoms with van der Waals surface area (Å²) >= 11 is 0. The molecule has 3 heterocycles. The maximum atomic E-state index is 5.44. The summed E-state index contributed by atoms with van der Waals surface area (Å²) in [4.78, 5) is 10.9. The molecule has 0 bridgehead atoms. The predicted octanol–water partition coefficient (Wildman–Crippen LogP) is 14.5. The third kappa shape index (κ3) is 5.39. The first kappa shape index (κ1) is 34.0. The van der Waals surface area contributed by atoms with E-state index in [1.807, 2.05) is 18.2 Å². The summed E-state index contributed by atoms with van der Waals surface area (Å²) in [5.41, 5.74) is 13.8. The highest BCUT2D eigenvalue weighted by Crippen LogP contribution is 2.44. The summed E-state index contributed by atoms with van der Waals surface area (Å²) < 4.78 is 4.79. The molecule has 0 N–H and O–H groups in total. The minimum absolute atomic E-state index is 0.689. The van der Waals surface area contributed by atoms with Gasteiger partial charge < -0.3 is 9.13 Å². The van der Waals surface area contributed by atoms with E-state index in [4.69, 9.17) is 9.97 Å². The Bertz CT molecular complexity index is 3510. The van der Waals surface area contributed by atoms with E-state index < -0.39 is 0 Å².